The molecule has 6 aromatic rings. The number of aryl methyl sites for hydroxylation is 2. The smallest absolute Gasteiger partial charge is 0.239 e. The lowest BCUT2D eigenvalue weighted by Gasteiger charge is -2.39. The number of amides is 2. The zero-order chi connectivity index (χ0) is 36.3. The summed E-state index contributed by atoms with van der Waals surface area (Å²) in [5, 5.41) is 8.69. The molecule has 0 unspecified atom stereocenters. The van der Waals surface area contributed by atoms with Crippen molar-refractivity contribution in [3.05, 3.63) is 197 Å². The lowest BCUT2D eigenvalue weighted by Crippen LogP contribution is -2.45. The molecule has 2 bridgehead atoms. The molecule has 0 N–H and O–H groups in total. The number of Topliss-reactive ketones (excluding diaryl/α,β-unsaturated/α-hetero) is 1. The van der Waals surface area contributed by atoms with Gasteiger partial charge in [0, 0.05) is 0 Å². The van der Waals surface area contributed by atoms with Crippen molar-refractivity contribution < 1.29 is 14.4 Å². The Balaban J connectivity index is 1.31. The minimum atomic E-state index is -1.46. The van der Waals surface area contributed by atoms with Crippen molar-refractivity contribution >= 4 is 45.8 Å². The third-order valence-electron chi connectivity index (χ3n) is 11.3. The summed E-state index contributed by atoms with van der Waals surface area (Å²) in [6.07, 6.45) is 0. The van der Waals surface area contributed by atoms with Crippen LogP contribution in [0.2, 0.25) is 0 Å². The van der Waals surface area contributed by atoms with E-state index >= 15 is 14.4 Å². The summed E-state index contributed by atoms with van der Waals surface area (Å²) in [5.74, 6) is -2.90. The lowest BCUT2D eigenvalue weighted by molar-refractivity contribution is -0.130. The second kappa shape index (κ2) is 12.3. The van der Waals surface area contributed by atoms with Gasteiger partial charge in [0.2, 0.25) is 11.8 Å². The van der Waals surface area contributed by atoms with Crippen molar-refractivity contribution in [3.63, 3.8) is 0 Å². The summed E-state index contributed by atoms with van der Waals surface area (Å²) in [5.41, 5.74) is 5.65. The molecule has 1 saturated carbocycles. The summed E-state index contributed by atoms with van der Waals surface area (Å²) < 4.78 is 0. The molecule has 4 atom stereocenters. The zero-order valence-electron chi connectivity index (χ0n) is 29.3. The Bertz CT molecular complexity index is 2330. The second-order valence-corrected chi connectivity index (χ2v) is 14.2. The highest BCUT2D eigenvalue weighted by atomic mass is 16.2. The summed E-state index contributed by atoms with van der Waals surface area (Å²) >= 11 is 0. The second-order valence-electron chi connectivity index (χ2n) is 14.2. The van der Waals surface area contributed by atoms with E-state index in [2.05, 4.69) is 10.2 Å². The van der Waals surface area contributed by atoms with E-state index in [0.29, 0.717) is 28.2 Å². The van der Waals surface area contributed by atoms with Crippen molar-refractivity contribution in [2.75, 3.05) is 4.90 Å². The largest absolute Gasteiger partial charge is 0.297 e. The third kappa shape index (κ3) is 4.61. The molecule has 0 aromatic heterocycles. The first-order valence-corrected chi connectivity index (χ1v) is 17.9. The first-order valence-electron chi connectivity index (χ1n) is 17.9. The Morgan fingerprint density at radius 1 is 0.453 bits per heavy atom. The number of azo groups is 1. The van der Waals surface area contributed by atoms with Gasteiger partial charge in [0.1, 0.15) is 0 Å². The number of anilines is 1. The average Bonchev–Trinajstić information content (AvgIpc) is 3.71. The van der Waals surface area contributed by atoms with Gasteiger partial charge in [0.25, 0.3) is 0 Å². The molecule has 6 nitrogen and oxygen atoms in total. The van der Waals surface area contributed by atoms with Crippen LogP contribution in [0.1, 0.15) is 33.4 Å². The molecule has 2 aliphatic carbocycles. The number of benzene rings is 6. The maximum atomic E-state index is 16.1. The fourth-order valence-electron chi connectivity index (χ4n) is 9.10. The highest BCUT2D eigenvalue weighted by molar-refractivity contribution is 6.39. The maximum absolute atomic E-state index is 16.1. The van der Waals surface area contributed by atoms with Gasteiger partial charge in [-0.05, 0) is 83.6 Å². The Hall–Kier alpha value is -6.53. The summed E-state index contributed by atoms with van der Waals surface area (Å²) in [6, 6.07) is 52.0. The van der Waals surface area contributed by atoms with E-state index in [9.17, 15) is 0 Å². The highest BCUT2D eigenvalue weighted by Gasteiger charge is 2.82. The number of carbonyl (C=O) groups is 3. The van der Waals surface area contributed by atoms with E-state index in [4.69, 9.17) is 0 Å². The summed E-state index contributed by atoms with van der Waals surface area (Å²) in [6.45, 7) is 4.07. The number of carbonyl (C=O) groups excluding carboxylic acids is 3. The topological polar surface area (TPSA) is 79.2 Å². The van der Waals surface area contributed by atoms with Gasteiger partial charge in [-0.3, -0.25) is 14.4 Å². The molecule has 9 rings (SSSR count). The van der Waals surface area contributed by atoms with Crippen LogP contribution >= 0.6 is 0 Å². The van der Waals surface area contributed by atoms with Gasteiger partial charge >= 0.3 is 0 Å². The van der Waals surface area contributed by atoms with Crippen molar-refractivity contribution in [1.82, 2.24) is 0 Å². The molecule has 2 fully saturated rings. The van der Waals surface area contributed by atoms with Crippen molar-refractivity contribution in [2.24, 2.45) is 22.1 Å². The summed E-state index contributed by atoms with van der Waals surface area (Å²) in [4.78, 5) is 48.0. The molecular formula is C47H35N3O3. The normalized spacial score (nSPS) is 23.4. The van der Waals surface area contributed by atoms with Gasteiger partial charge in [0.15, 0.2) is 5.78 Å². The number of imide groups is 1. The molecule has 1 saturated heterocycles. The molecule has 0 spiro atoms. The van der Waals surface area contributed by atoms with E-state index in [-0.39, 0.29) is 17.6 Å². The first kappa shape index (κ1) is 32.4. The molecule has 6 aromatic carbocycles. The zero-order valence-corrected chi connectivity index (χ0v) is 29.3. The van der Waals surface area contributed by atoms with Crippen molar-refractivity contribution in [2.45, 2.75) is 24.7 Å². The van der Waals surface area contributed by atoms with Gasteiger partial charge in [-0.1, -0.05) is 139 Å². The molecule has 256 valence electrons. The SMILES string of the molecule is Cc1ccc(C2=C(c3ccc(C)cc3)[C@@]3(c4ccccc4)C(=O)[C@@]2(c2ccccc2)[C@@H]2C(=O)N(c4ccc(N=Nc5ccccc5)cc4)C(=O)[C@@H]23)cc1. The van der Waals surface area contributed by atoms with E-state index in [1.54, 1.807) is 24.3 Å². The van der Waals surface area contributed by atoms with Crippen LogP contribution in [0.15, 0.2) is 174 Å². The summed E-state index contributed by atoms with van der Waals surface area (Å²) in [7, 11) is 0. The van der Waals surface area contributed by atoms with E-state index in [0.717, 1.165) is 33.4 Å². The van der Waals surface area contributed by atoms with Crippen LogP contribution in [0.5, 0.6) is 0 Å². The molecule has 53 heavy (non-hydrogen) atoms. The predicted octanol–water partition coefficient (Wildman–Crippen LogP) is 9.91. The molecule has 1 aliphatic heterocycles. The van der Waals surface area contributed by atoms with E-state index < -0.39 is 22.7 Å². The van der Waals surface area contributed by atoms with Gasteiger partial charge in [-0.25, -0.2) is 4.90 Å². The minimum absolute atomic E-state index is 0.137. The van der Waals surface area contributed by atoms with Gasteiger partial charge < -0.3 is 0 Å². The van der Waals surface area contributed by atoms with Gasteiger partial charge in [0.05, 0.1) is 39.7 Å². The monoisotopic (exact) mass is 689 g/mol. The Kier molecular flexibility index (Phi) is 7.52. The van der Waals surface area contributed by atoms with Crippen LogP contribution in [-0.4, -0.2) is 17.6 Å². The van der Waals surface area contributed by atoms with Gasteiger partial charge in [-0.15, -0.1) is 0 Å². The molecule has 1 heterocycles. The van der Waals surface area contributed by atoms with Crippen LogP contribution in [0.25, 0.3) is 11.1 Å². The quantitative estimate of drug-likeness (QED) is 0.124. The van der Waals surface area contributed by atoms with Crippen molar-refractivity contribution in [3.8, 4) is 0 Å². The van der Waals surface area contributed by atoms with Crippen molar-refractivity contribution in [1.29, 1.82) is 0 Å². The number of ketones is 1. The van der Waals surface area contributed by atoms with Crippen LogP contribution in [0.3, 0.4) is 0 Å². The van der Waals surface area contributed by atoms with Gasteiger partial charge in [-0.2, -0.15) is 10.2 Å². The Morgan fingerprint density at radius 2 is 0.830 bits per heavy atom. The molecule has 6 heteroatoms. The number of fused-ring (bicyclic) bond motifs is 5. The maximum Gasteiger partial charge on any atom is 0.239 e. The molecular weight excluding hydrogens is 655 g/mol. The predicted molar refractivity (Wildman–Crippen MR) is 207 cm³/mol. The fraction of sp³-hybridized carbons (Fsp3) is 0.128. The number of nitrogens with zero attached hydrogens (tertiary/aromatic N) is 3. The average molecular weight is 690 g/mol. The first-order chi connectivity index (χ1) is 25.9. The highest BCUT2D eigenvalue weighted by Crippen LogP contribution is 2.74. The third-order valence-corrected chi connectivity index (χ3v) is 11.3. The van der Waals surface area contributed by atoms with Crippen LogP contribution in [0.4, 0.5) is 17.1 Å². The lowest BCUT2D eigenvalue weighted by atomic mass is 9.59. The van der Waals surface area contributed by atoms with E-state index in [1.165, 1.54) is 4.90 Å². The van der Waals surface area contributed by atoms with Crippen LogP contribution < -0.4 is 4.90 Å². The minimum Gasteiger partial charge on any atom is -0.297 e. The molecule has 2 amide bonds. The standard InChI is InChI=1S/C47H35N3O3/c1-30-18-22-32(23-19-30)39-40(33-24-20-31(2)21-25-33)47(35-14-8-4-9-15-35)42-41(46(39,45(47)53)34-12-6-3-7-13-34)43(51)50(44(42)52)38-28-26-37(27-29-38)49-48-36-16-10-5-11-17-36/h3-29,41-42H,1-2H3/t41-,42+,46-,47-/m1/s1. The van der Waals surface area contributed by atoms with Crippen LogP contribution in [-0.2, 0) is 25.2 Å². The number of allylic oxidation sites excluding steroid dienone is 2. The molecule has 3 aliphatic rings. The van der Waals surface area contributed by atoms with E-state index in [1.807, 2.05) is 153 Å². The fourth-order valence-corrected chi connectivity index (χ4v) is 9.10. The number of hydrogen-bond donors (Lipinski definition) is 0. The van der Waals surface area contributed by atoms with Crippen LogP contribution in [0, 0.1) is 25.7 Å². The Labute approximate surface area is 308 Å². The number of hydrogen-bond acceptors (Lipinski definition) is 5. The molecule has 0 radical (unpaired) electrons. The number of rotatable bonds is 7. The Morgan fingerprint density at radius 3 is 1.25 bits per heavy atom.